The van der Waals surface area contributed by atoms with Crippen LogP contribution in [0.2, 0.25) is 0 Å². The van der Waals surface area contributed by atoms with E-state index in [-0.39, 0.29) is 6.61 Å². The zero-order valence-electron chi connectivity index (χ0n) is 16.4. The van der Waals surface area contributed by atoms with Crippen LogP contribution in [0.15, 0.2) is 40.7 Å². The van der Waals surface area contributed by atoms with E-state index in [2.05, 4.69) is 21.4 Å². The molecule has 0 atom stereocenters. The number of aryl methyl sites for hydroxylation is 2. The van der Waals surface area contributed by atoms with Crippen molar-refractivity contribution in [2.75, 3.05) is 11.9 Å². The second-order valence-corrected chi connectivity index (χ2v) is 8.05. The second kappa shape index (κ2) is 9.54. The number of nitrogens with zero attached hydrogens (tertiary/aromatic N) is 3. The van der Waals surface area contributed by atoms with Gasteiger partial charge in [0.05, 0.1) is 29.1 Å². The Bertz CT molecular complexity index is 1060. The van der Waals surface area contributed by atoms with Crippen LogP contribution in [0.1, 0.15) is 39.8 Å². The van der Waals surface area contributed by atoms with E-state index in [0.717, 1.165) is 16.5 Å². The van der Waals surface area contributed by atoms with Gasteiger partial charge in [-0.25, -0.2) is 14.8 Å². The van der Waals surface area contributed by atoms with Gasteiger partial charge in [0.2, 0.25) is 0 Å². The summed E-state index contributed by atoms with van der Waals surface area (Å²) in [7, 11) is 0. The van der Waals surface area contributed by atoms with E-state index in [1.54, 1.807) is 19.9 Å². The van der Waals surface area contributed by atoms with Gasteiger partial charge in [0.1, 0.15) is 11.1 Å². The summed E-state index contributed by atoms with van der Waals surface area (Å²) in [5.41, 5.74) is 4.32. The smallest absolute Gasteiger partial charge is 0.340 e. The number of rotatable bonds is 7. The molecule has 3 aromatic rings. The number of carbonyl (C=O) groups excluding carboxylic acids is 1. The number of hydrogen-bond acceptors (Lipinski definition) is 8. The topological polar surface area (TPSA) is 87.9 Å². The molecule has 0 amide bonds. The number of esters is 1. The number of anilines is 2. The number of nitrogens with one attached hydrogen (secondary N) is 1. The minimum Gasteiger partial charge on any atom is -0.462 e. The Labute approximate surface area is 178 Å². The molecule has 0 radical (unpaired) electrons. The molecule has 8 heteroatoms. The van der Waals surface area contributed by atoms with Crippen LogP contribution in [-0.2, 0) is 10.5 Å². The van der Waals surface area contributed by atoms with Crippen LogP contribution >= 0.6 is 23.1 Å². The number of benzene rings is 1. The molecule has 0 saturated carbocycles. The van der Waals surface area contributed by atoms with Gasteiger partial charge in [0.25, 0.3) is 0 Å². The zero-order valence-corrected chi connectivity index (χ0v) is 18.0. The van der Waals surface area contributed by atoms with Crippen molar-refractivity contribution < 1.29 is 9.53 Å². The Morgan fingerprint density at radius 1 is 1.28 bits per heavy atom. The van der Waals surface area contributed by atoms with E-state index in [9.17, 15) is 10.1 Å². The largest absolute Gasteiger partial charge is 0.462 e. The van der Waals surface area contributed by atoms with Crippen molar-refractivity contribution in [3.63, 3.8) is 0 Å². The van der Waals surface area contributed by atoms with Gasteiger partial charge in [-0.2, -0.15) is 5.26 Å². The van der Waals surface area contributed by atoms with Gasteiger partial charge < -0.3 is 10.1 Å². The van der Waals surface area contributed by atoms with Gasteiger partial charge in [0, 0.05) is 16.8 Å². The fourth-order valence-corrected chi connectivity index (χ4v) is 4.25. The average molecular weight is 425 g/mol. The van der Waals surface area contributed by atoms with E-state index >= 15 is 0 Å². The van der Waals surface area contributed by atoms with Gasteiger partial charge in [-0.15, -0.1) is 11.3 Å². The van der Waals surface area contributed by atoms with Gasteiger partial charge in [-0.05, 0) is 39.0 Å². The Kier molecular flexibility index (Phi) is 6.86. The third-order valence-electron chi connectivity index (χ3n) is 4.01. The Morgan fingerprint density at radius 3 is 2.72 bits per heavy atom. The highest BCUT2D eigenvalue weighted by molar-refractivity contribution is 7.98. The lowest BCUT2D eigenvalue weighted by Crippen LogP contribution is -2.09. The standard InChI is InChI=1S/C21H20N4O2S2/c1-4-27-20(26)18-9-15(10-22)19(23-14(18)3)28-11-17-12-29-21(25-17)24-16-7-5-13(2)6-8-16/h5-9,12H,4,11H2,1-3H3,(H,24,25). The number of carbonyl (C=O) groups is 1. The van der Waals surface area contributed by atoms with Crippen molar-refractivity contribution in [2.24, 2.45) is 0 Å². The van der Waals surface area contributed by atoms with E-state index in [0.29, 0.717) is 27.6 Å². The first-order valence-electron chi connectivity index (χ1n) is 9.00. The highest BCUT2D eigenvalue weighted by Crippen LogP contribution is 2.29. The molecule has 0 saturated heterocycles. The summed E-state index contributed by atoms with van der Waals surface area (Å²) in [4.78, 5) is 21.0. The zero-order chi connectivity index (χ0) is 20.8. The maximum atomic E-state index is 12.0. The maximum Gasteiger partial charge on any atom is 0.340 e. The molecular formula is C21H20N4O2S2. The fraction of sp³-hybridized carbons (Fsp3) is 0.238. The third kappa shape index (κ3) is 5.34. The summed E-state index contributed by atoms with van der Waals surface area (Å²) in [6, 6.07) is 11.8. The number of pyridine rings is 1. The number of hydrogen-bond donors (Lipinski definition) is 1. The molecule has 0 aliphatic heterocycles. The lowest BCUT2D eigenvalue weighted by molar-refractivity contribution is 0.0524. The van der Waals surface area contributed by atoms with Crippen LogP contribution in [0, 0.1) is 25.2 Å². The number of thioether (sulfide) groups is 1. The van der Waals surface area contributed by atoms with Gasteiger partial charge in [-0.3, -0.25) is 0 Å². The van der Waals surface area contributed by atoms with Crippen molar-refractivity contribution >= 4 is 39.9 Å². The van der Waals surface area contributed by atoms with E-state index in [1.807, 2.05) is 36.6 Å². The normalized spacial score (nSPS) is 10.4. The number of thiazole rings is 1. The molecule has 148 valence electrons. The Morgan fingerprint density at radius 2 is 2.03 bits per heavy atom. The summed E-state index contributed by atoms with van der Waals surface area (Å²) >= 11 is 2.95. The van der Waals surface area contributed by atoms with Gasteiger partial charge >= 0.3 is 5.97 Å². The molecule has 0 bridgehead atoms. The molecule has 0 aliphatic rings. The first kappa shape index (κ1) is 20.8. The molecule has 2 aromatic heterocycles. The first-order valence-corrected chi connectivity index (χ1v) is 10.9. The summed E-state index contributed by atoms with van der Waals surface area (Å²) in [6.07, 6.45) is 0. The molecule has 29 heavy (non-hydrogen) atoms. The second-order valence-electron chi connectivity index (χ2n) is 6.23. The van der Waals surface area contributed by atoms with E-state index in [4.69, 9.17) is 4.74 Å². The quantitative estimate of drug-likeness (QED) is 0.410. The minimum atomic E-state index is -0.461. The van der Waals surface area contributed by atoms with Crippen LogP contribution < -0.4 is 5.32 Å². The summed E-state index contributed by atoms with van der Waals surface area (Å²) < 4.78 is 5.02. The van der Waals surface area contributed by atoms with E-state index in [1.165, 1.54) is 28.7 Å². The molecular weight excluding hydrogens is 404 g/mol. The highest BCUT2D eigenvalue weighted by Gasteiger charge is 2.16. The van der Waals surface area contributed by atoms with Gasteiger partial charge in [-0.1, -0.05) is 29.5 Å². The molecule has 3 rings (SSSR count). The minimum absolute atomic E-state index is 0.277. The van der Waals surface area contributed by atoms with Crippen LogP contribution in [-0.4, -0.2) is 22.5 Å². The molecule has 0 aliphatic carbocycles. The molecule has 0 fully saturated rings. The molecule has 0 unspecified atom stereocenters. The van der Waals surface area contributed by atoms with Crippen molar-refractivity contribution in [3.05, 3.63) is 63.8 Å². The maximum absolute atomic E-state index is 12.0. The number of nitriles is 1. The van der Waals surface area contributed by atoms with Crippen molar-refractivity contribution in [3.8, 4) is 6.07 Å². The fourth-order valence-electron chi connectivity index (χ4n) is 2.52. The predicted octanol–water partition coefficient (Wildman–Crippen LogP) is 5.24. The summed E-state index contributed by atoms with van der Waals surface area (Å²) in [5, 5.41) is 16.1. The van der Waals surface area contributed by atoms with Crippen LogP contribution in [0.3, 0.4) is 0 Å². The molecule has 0 spiro atoms. The van der Waals surface area contributed by atoms with Gasteiger partial charge in [0.15, 0.2) is 5.13 Å². The first-order chi connectivity index (χ1) is 14.0. The predicted molar refractivity (Wildman–Crippen MR) is 116 cm³/mol. The van der Waals surface area contributed by atoms with Crippen molar-refractivity contribution in [1.29, 1.82) is 5.26 Å². The van der Waals surface area contributed by atoms with Crippen LogP contribution in [0.5, 0.6) is 0 Å². The highest BCUT2D eigenvalue weighted by atomic mass is 32.2. The van der Waals surface area contributed by atoms with Crippen molar-refractivity contribution in [1.82, 2.24) is 9.97 Å². The van der Waals surface area contributed by atoms with Crippen LogP contribution in [0.4, 0.5) is 10.8 Å². The average Bonchev–Trinajstić information content (AvgIpc) is 3.15. The summed E-state index contributed by atoms with van der Waals surface area (Å²) in [5.74, 6) is 0.114. The van der Waals surface area contributed by atoms with E-state index < -0.39 is 5.97 Å². The SMILES string of the molecule is CCOC(=O)c1cc(C#N)c(SCc2csc(Nc3ccc(C)cc3)n2)nc1C. The number of aromatic nitrogens is 2. The lowest BCUT2D eigenvalue weighted by Gasteiger charge is -2.08. The lowest BCUT2D eigenvalue weighted by atomic mass is 10.1. The van der Waals surface area contributed by atoms with Crippen LogP contribution in [0.25, 0.3) is 0 Å². The Hall–Kier alpha value is -2.89. The Balaban J connectivity index is 1.69. The molecule has 2 heterocycles. The molecule has 1 N–H and O–H groups in total. The number of ether oxygens (including phenoxy) is 1. The molecule has 1 aromatic carbocycles. The summed E-state index contributed by atoms with van der Waals surface area (Å²) in [6.45, 7) is 5.81. The monoisotopic (exact) mass is 424 g/mol. The molecule has 6 nitrogen and oxygen atoms in total. The van der Waals surface area contributed by atoms with Crippen molar-refractivity contribution in [2.45, 2.75) is 31.6 Å². The third-order valence-corrected chi connectivity index (χ3v) is 5.84.